The molecule has 2 rings (SSSR count). The lowest BCUT2D eigenvalue weighted by atomic mass is 10.1. The highest BCUT2D eigenvalue weighted by molar-refractivity contribution is 5.88. The van der Waals surface area contributed by atoms with Gasteiger partial charge in [0.15, 0.2) is 0 Å². The highest BCUT2D eigenvalue weighted by Crippen LogP contribution is 2.21. The van der Waals surface area contributed by atoms with Crippen molar-refractivity contribution in [3.8, 4) is 0 Å². The van der Waals surface area contributed by atoms with E-state index < -0.39 is 12.1 Å². The first kappa shape index (κ1) is 11.4. The average Bonchev–Trinajstić information content (AvgIpc) is 3.10. The first-order chi connectivity index (χ1) is 8.16. The molecule has 0 spiro atoms. The SMILES string of the molecule is NC(=O)NC(C(=O)NC1CC1)c1ccccc1. The van der Waals surface area contributed by atoms with Crippen LogP contribution < -0.4 is 16.4 Å². The van der Waals surface area contributed by atoms with E-state index in [9.17, 15) is 9.59 Å². The molecule has 1 aliphatic rings. The fourth-order valence-corrected chi connectivity index (χ4v) is 1.60. The normalized spacial score (nSPS) is 16.0. The first-order valence-electron chi connectivity index (χ1n) is 5.58. The van der Waals surface area contributed by atoms with Crippen molar-refractivity contribution in [3.05, 3.63) is 35.9 Å². The third-order valence-electron chi connectivity index (χ3n) is 2.61. The van der Waals surface area contributed by atoms with Gasteiger partial charge in [-0.05, 0) is 18.4 Å². The predicted octanol–water partition coefficient (Wildman–Crippen LogP) is 0.675. The summed E-state index contributed by atoms with van der Waals surface area (Å²) in [4.78, 5) is 22.9. The summed E-state index contributed by atoms with van der Waals surface area (Å²) < 4.78 is 0. The Bertz CT molecular complexity index is 415. The lowest BCUT2D eigenvalue weighted by Crippen LogP contribution is -2.43. The van der Waals surface area contributed by atoms with E-state index in [2.05, 4.69) is 10.6 Å². The summed E-state index contributed by atoms with van der Waals surface area (Å²) in [7, 11) is 0. The molecule has 4 N–H and O–H groups in total. The van der Waals surface area contributed by atoms with Crippen molar-refractivity contribution in [1.29, 1.82) is 0 Å². The molecule has 3 amide bonds. The molecule has 0 aliphatic heterocycles. The number of nitrogens with two attached hydrogens (primary N) is 1. The van der Waals surface area contributed by atoms with Gasteiger partial charge < -0.3 is 16.4 Å². The molecule has 5 nitrogen and oxygen atoms in total. The van der Waals surface area contributed by atoms with E-state index in [1.165, 1.54) is 0 Å². The van der Waals surface area contributed by atoms with Gasteiger partial charge in [-0.15, -0.1) is 0 Å². The van der Waals surface area contributed by atoms with Gasteiger partial charge in [0.2, 0.25) is 5.91 Å². The predicted molar refractivity (Wildman–Crippen MR) is 63.1 cm³/mol. The van der Waals surface area contributed by atoms with Crippen molar-refractivity contribution in [1.82, 2.24) is 10.6 Å². The number of hydrogen-bond donors (Lipinski definition) is 3. The maximum absolute atomic E-state index is 11.9. The molecule has 1 saturated carbocycles. The Morgan fingerprint density at radius 1 is 1.24 bits per heavy atom. The first-order valence-corrected chi connectivity index (χ1v) is 5.58. The number of amides is 3. The summed E-state index contributed by atoms with van der Waals surface area (Å²) in [6, 6.07) is 7.89. The lowest BCUT2D eigenvalue weighted by molar-refractivity contribution is -0.123. The Morgan fingerprint density at radius 3 is 2.41 bits per heavy atom. The van der Waals surface area contributed by atoms with Gasteiger partial charge in [0.25, 0.3) is 0 Å². The molecule has 1 unspecified atom stereocenters. The van der Waals surface area contributed by atoms with E-state index in [0.29, 0.717) is 0 Å². The van der Waals surface area contributed by atoms with Gasteiger partial charge in [0, 0.05) is 6.04 Å². The van der Waals surface area contributed by atoms with Crippen LogP contribution in [0.15, 0.2) is 30.3 Å². The topological polar surface area (TPSA) is 84.2 Å². The molecular formula is C12H15N3O2. The summed E-state index contributed by atoms with van der Waals surface area (Å²) >= 11 is 0. The zero-order valence-electron chi connectivity index (χ0n) is 9.35. The van der Waals surface area contributed by atoms with E-state index in [-0.39, 0.29) is 11.9 Å². The monoisotopic (exact) mass is 233 g/mol. The fraction of sp³-hybridized carbons (Fsp3) is 0.333. The molecule has 0 saturated heterocycles. The van der Waals surface area contributed by atoms with Crippen LogP contribution in [0.4, 0.5) is 4.79 Å². The molecule has 0 heterocycles. The summed E-state index contributed by atoms with van der Waals surface area (Å²) in [5, 5.41) is 5.30. The average molecular weight is 233 g/mol. The standard InChI is InChI=1S/C12H15N3O2/c13-12(17)15-10(8-4-2-1-3-5-8)11(16)14-9-6-7-9/h1-5,9-10H,6-7H2,(H,14,16)(H3,13,15,17). The molecular weight excluding hydrogens is 218 g/mol. The minimum atomic E-state index is -0.714. The van der Waals surface area contributed by atoms with Crippen LogP contribution in [0.3, 0.4) is 0 Å². The van der Waals surface area contributed by atoms with Crippen LogP contribution in [0.25, 0.3) is 0 Å². The smallest absolute Gasteiger partial charge is 0.313 e. The third-order valence-corrected chi connectivity index (χ3v) is 2.61. The van der Waals surface area contributed by atoms with Crippen molar-refractivity contribution in [2.75, 3.05) is 0 Å². The molecule has 1 atom stereocenters. The highest BCUT2D eigenvalue weighted by atomic mass is 16.2. The number of benzene rings is 1. The number of hydrogen-bond acceptors (Lipinski definition) is 2. The second kappa shape index (κ2) is 4.86. The zero-order chi connectivity index (χ0) is 12.3. The molecule has 1 aliphatic carbocycles. The Kier molecular flexibility index (Phi) is 3.27. The molecule has 5 heteroatoms. The van der Waals surface area contributed by atoms with E-state index in [4.69, 9.17) is 5.73 Å². The maximum Gasteiger partial charge on any atom is 0.313 e. The molecule has 1 fully saturated rings. The summed E-state index contributed by atoms with van der Waals surface area (Å²) in [5.74, 6) is -0.211. The minimum absolute atomic E-state index is 0.211. The van der Waals surface area contributed by atoms with Crippen molar-refractivity contribution in [2.45, 2.75) is 24.9 Å². The maximum atomic E-state index is 11.9. The molecule has 90 valence electrons. The van der Waals surface area contributed by atoms with Gasteiger partial charge in [0.05, 0.1) is 0 Å². The van der Waals surface area contributed by atoms with Crippen LogP contribution in [0, 0.1) is 0 Å². The number of carbonyl (C=O) groups excluding carboxylic acids is 2. The molecule has 0 aromatic heterocycles. The van der Waals surface area contributed by atoms with E-state index in [1.54, 1.807) is 12.1 Å². The van der Waals surface area contributed by atoms with Crippen LogP contribution in [-0.4, -0.2) is 18.0 Å². The number of nitrogens with one attached hydrogen (secondary N) is 2. The van der Waals surface area contributed by atoms with Crippen LogP contribution in [0.2, 0.25) is 0 Å². The summed E-state index contributed by atoms with van der Waals surface area (Å²) in [6.45, 7) is 0. The largest absolute Gasteiger partial charge is 0.352 e. The minimum Gasteiger partial charge on any atom is -0.352 e. The van der Waals surface area contributed by atoms with Crippen molar-refractivity contribution < 1.29 is 9.59 Å². The van der Waals surface area contributed by atoms with E-state index >= 15 is 0 Å². The van der Waals surface area contributed by atoms with Crippen LogP contribution in [0.1, 0.15) is 24.4 Å². The van der Waals surface area contributed by atoms with Crippen LogP contribution >= 0.6 is 0 Å². The summed E-state index contributed by atoms with van der Waals surface area (Å²) in [5.41, 5.74) is 5.81. The highest BCUT2D eigenvalue weighted by Gasteiger charge is 2.28. The Labute approximate surface area is 99.4 Å². The zero-order valence-corrected chi connectivity index (χ0v) is 9.35. The molecule has 0 radical (unpaired) electrons. The Balaban J connectivity index is 2.11. The van der Waals surface area contributed by atoms with E-state index in [1.807, 2.05) is 18.2 Å². The van der Waals surface area contributed by atoms with Gasteiger partial charge in [-0.1, -0.05) is 30.3 Å². The second-order valence-electron chi connectivity index (χ2n) is 4.14. The second-order valence-corrected chi connectivity index (χ2v) is 4.14. The van der Waals surface area contributed by atoms with E-state index in [0.717, 1.165) is 18.4 Å². The van der Waals surface area contributed by atoms with Gasteiger partial charge in [-0.2, -0.15) is 0 Å². The van der Waals surface area contributed by atoms with Crippen molar-refractivity contribution >= 4 is 11.9 Å². The van der Waals surface area contributed by atoms with Gasteiger partial charge in [-0.3, -0.25) is 4.79 Å². The van der Waals surface area contributed by atoms with Gasteiger partial charge in [-0.25, -0.2) is 4.79 Å². The van der Waals surface area contributed by atoms with Gasteiger partial charge >= 0.3 is 6.03 Å². The van der Waals surface area contributed by atoms with Crippen molar-refractivity contribution in [3.63, 3.8) is 0 Å². The molecule has 1 aromatic carbocycles. The number of carbonyl (C=O) groups is 2. The molecule has 17 heavy (non-hydrogen) atoms. The fourth-order valence-electron chi connectivity index (χ4n) is 1.60. The molecule has 1 aromatic rings. The van der Waals surface area contributed by atoms with Crippen molar-refractivity contribution in [2.24, 2.45) is 5.73 Å². The lowest BCUT2D eigenvalue weighted by Gasteiger charge is -2.17. The van der Waals surface area contributed by atoms with Gasteiger partial charge in [0.1, 0.15) is 6.04 Å². The number of rotatable bonds is 4. The quantitative estimate of drug-likeness (QED) is 0.714. The van der Waals surface area contributed by atoms with Crippen LogP contribution in [-0.2, 0) is 4.79 Å². The number of primary amides is 1. The Morgan fingerprint density at radius 2 is 1.88 bits per heavy atom. The molecule has 0 bridgehead atoms. The summed E-state index contributed by atoms with van der Waals surface area (Å²) in [6.07, 6.45) is 2.01. The third kappa shape index (κ3) is 3.21. The Hall–Kier alpha value is -2.04. The number of urea groups is 1. The van der Waals surface area contributed by atoms with Crippen LogP contribution in [0.5, 0.6) is 0 Å².